The van der Waals surface area contributed by atoms with Crippen LogP contribution in [0.4, 0.5) is 0 Å². The van der Waals surface area contributed by atoms with E-state index in [1.807, 2.05) is 24.3 Å². The Morgan fingerprint density at radius 1 is 1.13 bits per heavy atom. The van der Waals surface area contributed by atoms with Gasteiger partial charge in [0.05, 0.1) is 17.1 Å². The monoisotopic (exact) mass is 327 g/mol. The lowest BCUT2D eigenvalue weighted by Gasteiger charge is -2.20. The number of para-hydroxylation sites is 2. The molecule has 5 heteroatoms. The Kier molecular flexibility index (Phi) is 4.35. The summed E-state index contributed by atoms with van der Waals surface area (Å²) in [7, 11) is 0. The molecule has 2 aromatic carbocycles. The minimum atomic E-state index is -0.189. The van der Waals surface area contributed by atoms with Crippen molar-refractivity contribution in [2.45, 2.75) is 19.9 Å². The molecule has 0 radical (unpaired) electrons. The van der Waals surface area contributed by atoms with Gasteiger partial charge < -0.3 is 10.3 Å². The number of nitrogens with zero attached hydrogens (tertiary/aromatic N) is 1. The first-order chi connectivity index (χ1) is 11.0. The summed E-state index contributed by atoms with van der Waals surface area (Å²) < 4.78 is 0. The fourth-order valence-corrected chi connectivity index (χ4v) is 2.62. The maximum atomic E-state index is 12.5. The fourth-order valence-electron chi connectivity index (χ4n) is 2.50. The maximum Gasteiger partial charge on any atom is 0.251 e. The highest BCUT2D eigenvalue weighted by Crippen LogP contribution is 2.23. The summed E-state index contributed by atoms with van der Waals surface area (Å²) in [6, 6.07) is 14.5. The molecule has 2 N–H and O–H groups in total. The van der Waals surface area contributed by atoms with Gasteiger partial charge in [-0.25, -0.2) is 4.98 Å². The van der Waals surface area contributed by atoms with Crippen molar-refractivity contribution >= 4 is 28.5 Å². The zero-order chi connectivity index (χ0) is 16.4. The third-order valence-corrected chi connectivity index (χ3v) is 4.01. The Balaban J connectivity index is 1.86. The van der Waals surface area contributed by atoms with Crippen LogP contribution in [0.2, 0.25) is 5.02 Å². The van der Waals surface area contributed by atoms with Crippen molar-refractivity contribution in [2.24, 2.45) is 5.92 Å². The summed E-state index contributed by atoms with van der Waals surface area (Å²) in [5, 5.41) is 3.66. The van der Waals surface area contributed by atoms with E-state index in [0.717, 1.165) is 16.9 Å². The van der Waals surface area contributed by atoms with Crippen LogP contribution in [0.15, 0.2) is 48.5 Å². The number of halogens is 1. The van der Waals surface area contributed by atoms with Crippen molar-refractivity contribution in [1.29, 1.82) is 0 Å². The van der Waals surface area contributed by atoms with Crippen LogP contribution in [0.3, 0.4) is 0 Å². The molecule has 23 heavy (non-hydrogen) atoms. The van der Waals surface area contributed by atoms with Crippen LogP contribution in [-0.4, -0.2) is 15.9 Å². The minimum absolute atomic E-state index is 0.138. The number of rotatable bonds is 4. The molecular weight excluding hydrogens is 310 g/mol. The molecule has 4 nitrogen and oxygen atoms in total. The topological polar surface area (TPSA) is 57.8 Å². The SMILES string of the molecule is CC(C)[C@H](NC(=O)c1ccc(Cl)cc1)c1nc2ccccc2[nH]1. The molecule has 1 heterocycles. The first kappa shape index (κ1) is 15.6. The second kappa shape index (κ2) is 6.42. The smallest absolute Gasteiger partial charge is 0.251 e. The van der Waals surface area contributed by atoms with Crippen molar-refractivity contribution in [3.05, 3.63) is 64.9 Å². The van der Waals surface area contributed by atoms with E-state index in [4.69, 9.17) is 11.6 Å². The van der Waals surface area contributed by atoms with E-state index < -0.39 is 0 Å². The number of amides is 1. The fraction of sp³-hybridized carbons (Fsp3) is 0.222. The molecule has 0 saturated carbocycles. The molecule has 3 rings (SSSR count). The van der Waals surface area contributed by atoms with E-state index in [9.17, 15) is 4.79 Å². The van der Waals surface area contributed by atoms with Gasteiger partial charge in [0.2, 0.25) is 0 Å². The van der Waals surface area contributed by atoms with Gasteiger partial charge in [0, 0.05) is 10.6 Å². The molecule has 118 valence electrons. The van der Waals surface area contributed by atoms with E-state index in [1.54, 1.807) is 24.3 Å². The molecule has 0 bridgehead atoms. The van der Waals surface area contributed by atoms with Crippen molar-refractivity contribution in [3.8, 4) is 0 Å². The highest BCUT2D eigenvalue weighted by atomic mass is 35.5. The van der Waals surface area contributed by atoms with Gasteiger partial charge in [-0.3, -0.25) is 4.79 Å². The van der Waals surface area contributed by atoms with Gasteiger partial charge in [0.1, 0.15) is 5.82 Å². The van der Waals surface area contributed by atoms with E-state index >= 15 is 0 Å². The van der Waals surface area contributed by atoms with Crippen LogP contribution < -0.4 is 5.32 Å². The second-order valence-corrected chi connectivity index (χ2v) is 6.28. The van der Waals surface area contributed by atoms with Gasteiger partial charge in [-0.15, -0.1) is 0 Å². The van der Waals surface area contributed by atoms with Crippen LogP contribution in [0, 0.1) is 5.92 Å². The maximum absolute atomic E-state index is 12.5. The standard InChI is InChI=1S/C18H18ClN3O/c1-11(2)16(17-20-14-5-3-4-6-15(14)21-17)22-18(23)12-7-9-13(19)10-8-12/h3-11,16H,1-2H3,(H,20,21)(H,22,23)/t16-/m0/s1. The number of imidazole rings is 1. The number of aromatic nitrogens is 2. The van der Waals surface area contributed by atoms with Crippen LogP contribution in [0.25, 0.3) is 11.0 Å². The summed E-state index contributed by atoms with van der Waals surface area (Å²) in [4.78, 5) is 20.4. The summed E-state index contributed by atoms with van der Waals surface area (Å²) in [5.41, 5.74) is 2.44. The van der Waals surface area contributed by atoms with E-state index in [0.29, 0.717) is 10.6 Å². The zero-order valence-electron chi connectivity index (χ0n) is 13.0. The molecule has 0 aliphatic carbocycles. The zero-order valence-corrected chi connectivity index (χ0v) is 13.8. The molecule has 0 aliphatic rings. The molecule has 1 atom stereocenters. The summed E-state index contributed by atoms with van der Waals surface area (Å²) in [5.74, 6) is 0.830. The molecule has 0 unspecified atom stereocenters. The number of aromatic amines is 1. The lowest BCUT2D eigenvalue weighted by Crippen LogP contribution is -2.32. The quantitative estimate of drug-likeness (QED) is 0.748. The summed E-state index contributed by atoms with van der Waals surface area (Å²) >= 11 is 5.87. The lowest BCUT2D eigenvalue weighted by atomic mass is 10.0. The normalized spacial score (nSPS) is 12.5. The molecule has 0 spiro atoms. The molecule has 0 fully saturated rings. The van der Waals surface area contributed by atoms with E-state index in [2.05, 4.69) is 29.1 Å². The van der Waals surface area contributed by atoms with Gasteiger partial charge in [0.25, 0.3) is 5.91 Å². The van der Waals surface area contributed by atoms with Crippen LogP contribution in [0.1, 0.15) is 36.1 Å². The first-order valence-corrected chi connectivity index (χ1v) is 7.93. The average molecular weight is 328 g/mol. The van der Waals surface area contributed by atoms with E-state index in [-0.39, 0.29) is 17.9 Å². The van der Waals surface area contributed by atoms with Crippen molar-refractivity contribution in [3.63, 3.8) is 0 Å². The van der Waals surface area contributed by atoms with Crippen molar-refractivity contribution in [2.75, 3.05) is 0 Å². The number of hydrogen-bond donors (Lipinski definition) is 2. The van der Waals surface area contributed by atoms with Crippen molar-refractivity contribution in [1.82, 2.24) is 15.3 Å². The molecule has 3 aromatic rings. The first-order valence-electron chi connectivity index (χ1n) is 7.55. The highest BCUT2D eigenvalue weighted by Gasteiger charge is 2.22. The van der Waals surface area contributed by atoms with Crippen LogP contribution >= 0.6 is 11.6 Å². The largest absolute Gasteiger partial charge is 0.342 e. The predicted molar refractivity (Wildman–Crippen MR) is 92.6 cm³/mol. The number of carbonyl (C=O) groups excluding carboxylic acids is 1. The number of carbonyl (C=O) groups is 1. The number of benzene rings is 2. The van der Waals surface area contributed by atoms with Crippen LogP contribution in [-0.2, 0) is 0 Å². The highest BCUT2D eigenvalue weighted by molar-refractivity contribution is 6.30. The summed E-state index contributed by atoms with van der Waals surface area (Å²) in [6.07, 6.45) is 0. The minimum Gasteiger partial charge on any atom is -0.342 e. The predicted octanol–water partition coefficient (Wildman–Crippen LogP) is 4.34. The number of H-pyrrole nitrogens is 1. The number of hydrogen-bond acceptors (Lipinski definition) is 2. The third-order valence-electron chi connectivity index (χ3n) is 3.76. The van der Waals surface area contributed by atoms with Gasteiger partial charge in [0.15, 0.2) is 0 Å². The Hall–Kier alpha value is -2.33. The molecule has 1 aromatic heterocycles. The molecule has 0 saturated heterocycles. The third kappa shape index (κ3) is 3.37. The van der Waals surface area contributed by atoms with E-state index in [1.165, 1.54) is 0 Å². The number of fused-ring (bicyclic) bond motifs is 1. The Morgan fingerprint density at radius 2 is 1.83 bits per heavy atom. The van der Waals surface area contributed by atoms with Gasteiger partial charge >= 0.3 is 0 Å². The Morgan fingerprint density at radius 3 is 2.48 bits per heavy atom. The lowest BCUT2D eigenvalue weighted by molar-refractivity contribution is 0.0923. The molecule has 0 aliphatic heterocycles. The second-order valence-electron chi connectivity index (χ2n) is 5.84. The Labute approximate surface area is 139 Å². The number of nitrogens with one attached hydrogen (secondary N) is 2. The Bertz CT molecular complexity index is 791. The van der Waals surface area contributed by atoms with Crippen molar-refractivity contribution < 1.29 is 4.79 Å². The van der Waals surface area contributed by atoms with Gasteiger partial charge in [-0.2, -0.15) is 0 Å². The van der Waals surface area contributed by atoms with Gasteiger partial charge in [-0.1, -0.05) is 37.6 Å². The molecule has 1 amide bonds. The van der Waals surface area contributed by atoms with Gasteiger partial charge in [-0.05, 0) is 42.3 Å². The van der Waals surface area contributed by atoms with Crippen LogP contribution in [0.5, 0.6) is 0 Å². The summed E-state index contributed by atoms with van der Waals surface area (Å²) in [6.45, 7) is 4.11. The molecular formula is C18H18ClN3O. The average Bonchev–Trinajstić information content (AvgIpc) is 2.96.